The minimum absolute atomic E-state index is 0.343. The second kappa shape index (κ2) is 6.75. The van der Waals surface area contributed by atoms with E-state index < -0.39 is 61.5 Å². The van der Waals surface area contributed by atoms with Crippen molar-refractivity contribution in [3.8, 4) is 5.75 Å². The second-order valence-corrected chi connectivity index (χ2v) is 6.54. The summed E-state index contributed by atoms with van der Waals surface area (Å²) in [5, 5.41) is 9.06. The number of ether oxygens (including phenoxy) is 1. The molecular formula is C17H17F3N2O5. The first-order valence-electron chi connectivity index (χ1n) is 8.24. The monoisotopic (exact) mass is 386 g/mol. The van der Waals surface area contributed by atoms with Gasteiger partial charge in [0.15, 0.2) is 6.10 Å². The lowest BCUT2D eigenvalue weighted by Crippen LogP contribution is -2.49. The molecule has 3 atom stereocenters. The normalized spacial score (nSPS) is 25.2. The van der Waals surface area contributed by atoms with Crippen LogP contribution in [0.2, 0.25) is 0 Å². The maximum absolute atomic E-state index is 13.1. The molecule has 2 heterocycles. The van der Waals surface area contributed by atoms with Gasteiger partial charge in [-0.1, -0.05) is 12.1 Å². The molecule has 0 bridgehead atoms. The molecule has 1 unspecified atom stereocenters. The van der Waals surface area contributed by atoms with Crippen molar-refractivity contribution < 1.29 is 37.4 Å². The van der Waals surface area contributed by atoms with Gasteiger partial charge < -0.3 is 14.7 Å². The summed E-state index contributed by atoms with van der Waals surface area (Å²) in [5.41, 5.74) is 0.343. The van der Waals surface area contributed by atoms with Gasteiger partial charge in [0.25, 0.3) is 5.91 Å². The highest BCUT2D eigenvalue weighted by Crippen LogP contribution is 2.38. The fourth-order valence-electron chi connectivity index (χ4n) is 3.35. The minimum Gasteiger partial charge on any atom is -0.481 e. The van der Waals surface area contributed by atoms with Gasteiger partial charge in [0.05, 0.1) is 17.5 Å². The van der Waals surface area contributed by atoms with Gasteiger partial charge in [0, 0.05) is 13.1 Å². The molecule has 1 aromatic rings. The Bertz CT molecular complexity index is 782. The standard InChI is InChI=1S/C17H17F3N2O5/c1-9-15(24)22(12-4-2-3-5-13(12)27-9)8-14(23)21-6-10(16(25)26)11(7-21)17(18,19)20/h2-5,9-11H,6-8H2,1H3,(H,25,26)/t9?,10-,11-/m1/s1. The number of anilines is 1. The van der Waals surface area contributed by atoms with Crippen LogP contribution in [-0.2, 0) is 14.4 Å². The van der Waals surface area contributed by atoms with E-state index in [1.165, 1.54) is 6.92 Å². The molecule has 0 saturated carbocycles. The van der Waals surface area contributed by atoms with Gasteiger partial charge in [-0.15, -0.1) is 0 Å². The SMILES string of the molecule is CC1Oc2ccccc2N(CC(=O)N2C[C@@H](C(F)(F)F)[C@H](C(=O)O)C2)C1=O. The van der Waals surface area contributed by atoms with E-state index in [0.29, 0.717) is 11.4 Å². The maximum Gasteiger partial charge on any atom is 0.394 e. The first kappa shape index (κ1) is 19.0. The number of likely N-dealkylation sites (tertiary alicyclic amines) is 1. The Labute approximate surface area is 152 Å². The number of hydrogen-bond acceptors (Lipinski definition) is 4. The predicted molar refractivity (Wildman–Crippen MR) is 86.1 cm³/mol. The van der Waals surface area contributed by atoms with Gasteiger partial charge in [-0.3, -0.25) is 19.3 Å². The van der Waals surface area contributed by atoms with Crippen molar-refractivity contribution in [2.45, 2.75) is 19.2 Å². The van der Waals surface area contributed by atoms with Gasteiger partial charge >= 0.3 is 12.1 Å². The van der Waals surface area contributed by atoms with Crippen LogP contribution in [0.15, 0.2) is 24.3 Å². The van der Waals surface area contributed by atoms with Gasteiger partial charge in [-0.25, -0.2) is 0 Å². The molecule has 146 valence electrons. The number of alkyl halides is 3. The summed E-state index contributed by atoms with van der Waals surface area (Å²) in [5.74, 6) is -6.32. The highest BCUT2D eigenvalue weighted by molar-refractivity contribution is 6.03. The van der Waals surface area contributed by atoms with Crippen molar-refractivity contribution >= 4 is 23.5 Å². The number of aliphatic carboxylic acids is 1. The number of nitrogens with zero attached hydrogens (tertiary/aromatic N) is 2. The molecule has 0 aromatic heterocycles. The number of carbonyl (C=O) groups is 3. The van der Waals surface area contributed by atoms with E-state index >= 15 is 0 Å². The van der Waals surface area contributed by atoms with Crippen LogP contribution in [0.25, 0.3) is 0 Å². The molecule has 2 amide bonds. The van der Waals surface area contributed by atoms with Crippen molar-refractivity contribution in [2.75, 3.05) is 24.5 Å². The molecule has 1 saturated heterocycles. The summed E-state index contributed by atoms with van der Waals surface area (Å²) in [6.07, 6.45) is -5.57. The largest absolute Gasteiger partial charge is 0.481 e. The summed E-state index contributed by atoms with van der Waals surface area (Å²) in [6.45, 7) is -0.269. The molecule has 10 heteroatoms. The number of hydrogen-bond donors (Lipinski definition) is 1. The predicted octanol–water partition coefficient (Wildman–Crippen LogP) is 1.52. The molecule has 1 fully saturated rings. The number of benzene rings is 1. The number of para-hydroxylation sites is 2. The van der Waals surface area contributed by atoms with Crippen LogP contribution in [-0.4, -0.2) is 59.7 Å². The third-order valence-electron chi connectivity index (χ3n) is 4.78. The summed E-state index contributed by atoms with van der Waals surface area (Å²) < 4.78 is 44.7. The van der Waals surface area contributed by atoms with Crippen molar-refractivity contribution in [3.05, 3.63) is 24.3 Å². The number of carbonyl (C=O) groups excluding carboxylic acids is 2. The Morgan fingerprint density at radius 2 is 1.93 bits per heavy atom. The van der Waals surface area contributed by atoms with E-state index in [-0.39, 0.29) is 0 Å². The lowest BCUT2D eigenvalue weighted by Gasteiger charge is -2.33. The van der Waals surface area contributed by atoms with Crippen LogP contribution in [0, 0.1) is 11.8 Å². The summed E-state index contributed by atoms with van der Waals surface area (Å²) in [4.78, 5) is 38.1. The zero-order chi connectivity index (χ0) is 19.9. The third-order valence-corrected chi connectivity index (χ3v) is 4.78. The maximum atomic E-state index is 13.1. The Kier molecular flexibility index (Phi) is 4.75. The van der Waals surface area contributed by atoms with Crippen LogP contribution in [0.5, 0.6) is 5.75 Å². The van der Waals surface area contributed by atoms with Crippen molar-refractivity contribution in [1.82, 2.24) is 4.90 Å². The van der Waals surface area contributed by atoms with E-state index in [2.05, 4.69) is 0 Å². The van der Waals surface area contributed by atoms with Crippen LogP contribution < -0.4 is 9.64 Å². The second-order valence-electron chi connectivity index (χ2n) is 6.54. The van der Waals surface area contributed by atoms with E-state index in [9.17, 15) is 27.6 Å². The van der Waals surface area contributed by atoms with Gasteiger partial charge in [-0.2, -0.15) is 13.2 Å². The number of carboxylic acid groups (broad SMARTS) is 1. The molecule has 0 spiro atoms. The van der Waals surface area contributed by atoms with Crippen LogP contribution in [0.3, 0.4) is 0 Å². The zero-order valence-corrected chi connectivity index (χ0v) is 14.3. The molecular weight excluding hydrogens is 369 g/mol. The number of amides is 2. The average Bonchev–Trinajstić information content (AvgIpc) is 3.05. The summed E-state index contributed by atoms with van der Waals surface area (Å²) in [6, 6.07) is 6.51. The van der Waals surface area contributed by atoms with E-state index in [1.807, 2.05) is 0 Å². The van der Waals surface area contributed by atoms with Crippen LogP contribution in [0.4, 0.5) is 18.9 Å². The van der Waals surface area contributed by atoms with E-state index in [4.69, 9.17) is 9.84 Å². The fourth-order valence-corrected chi connectivity index (χ4v) is 3.35. The van der Waals surface area contributed by atoms with Crippen LogP contribution >= 0.6 is 0 Å². The lowest BCUT2D eigenvalue weighted by molar-refractivity contribution is -0.188. The van der Waals surface area contributed by atoms with Gasteiger partial charge in [0.1, 0.15) is 12.3 Å². The van der Waals surface area contributed by atoms with Crippen LogP contribution in [0.1, 0.15) is 6.92 Å². The first-order chi connectivity index (χ1) is 12.6. The average molecular weight is 386 g/mol. The van der Waals surface area contributed by atoms with E-state index in [1.54, 1.807) is 24.3 Å². The van der Waals surface area contributed by atoms with Gasteiger partial charge in [0.2, 0.25) is 5.91 Å². The number of fused-ring (bicyclic) bond motifs is 1. The highest BCUT2D eigenvalue weighted by atomic mass is 19.4. The molecule has 0 radical (unpaired) electrons. The molecule has 1 N–H and O–H groups in total. The summed E-state index contributed by atoms with van der Waals surface area (Å²) in [7, 11) is 0. The lowest BCUT2D eigenvalue weighted by atomic mass is 9.96. The summed E-state index contributed by atoms with van der Waals surface area (Å²) >= 11 is 0. The number of halogens is 3. The number of rotatable bonds is 3. The fraction of sp³-hybridized carbons (Fsp3) is 0.471. The molecule has 1 aromatic carbocycles. The molecule has 3 rings (SSSR count). The Morgan fingerprint density at radius 3 is 2.52 bits per heavy atom. The molecule has 7 nitrogen and oxygen atoms in total. The molecule has 0 aliphatic carbocycles. The van der Waals surface area contributed by atoms with Crippen molar-refractivity contribution in [3.63, 3.8) is 0 Å². The van der Waals surface area contributed by atoms with Crippen molar-refractivity contribution in [1.29, 1.82) is 0 Å². The highest BCUT2D eigenvalue weighted by Gasteiger charge is 2.53. The molecule has 2 aliphatic rings. The van der Waals surface area contributed by atoms with Gasteiger partial charge in [-0.05, 0) is 19.1 Å². The molecule has 27 heavy (non-hydrogen) atoms. The molecule has 2 aliphatic heterocycles. The number of carboxylic acids is 1. The van der Waals surface area contributed by atoms with E-state index in [0.717, 1.165) is 9.80 Å². The Balaban J connectivity index is 1.79. The Morgan fingerprint density at radius 1 is 1.26 bits per heavy atom. The quantitative estimate of drug-likeness (QED) is 0.851. The Hall–Kier alpha value is -2.78. The minimum atomic E-state index is -4.73. The smallest absolute Gasteiger partial charge is 0.394 e. The zero-order valence-electron chi connectivity index (χ0n) is 14.3. The third kappa shape index (κ3) is 3.56. The first-order valence-corrected chi connectivity index (χ1v) is 8.24. The van der Waals surface area contributed by atoms with Crippen molar-refractivity contribution in [2.24, 2.45) is 11.8 Å². The topological polar surface area (TPSA) is 87.2 Å².